The molecule has 2 aromatic rings. The maximum absolute atomic E-state index is 11.9. The molecule has 0 radical (unpaired) electrons. The van der Waals surface area contributed by atoms with Crippen LogP contribution < -0.4 is 14.9 Å². The third-order valence-electron chi connectivity index (χ3n) is 3.21. The number of hydrazone groups is 1. The van der Waals surface area contributed by atoms with E-state index in [-0.39, 0.29) is 12.5 Å². The predicted octanol–water partition coefficient (Wildman–Crippen LogP) is 4.80. The smallest absolute Gasteiger partial charge is 0.277 e. The van der Waals surface area contributed by atoms with Crippen LogP contribution in [-0.2, 0) is 4.79 Å². The van der Waals surface area contributed by atoms with Crippen LogP contribution in [0.5, 0.6) is 11.5 Å². The first-order chi connectivity index (χ1) is 12.5. The summed E-state index contributed by atoms with van der Waals surface area (Å²) in [6.07, 6.45) is 3.56. The number of methoxy groups -OCH3 is 1. The molecule has 1 N–H and O–H groups in total. The van der Waals surface area contributed by atoms with Crippen molar-refractivity contribution in [3.63, 3.8) is 0 Å². The second-order valence-corrected chi connectivity index (χ2v) is 7.01. The Morgan fingerprint density at radius 1 is 1.19 bits per heavy atom. The standard InChI is InChI=1S/C19H18Br2N2O3/c1-13(8-14-6-4-3-5-7-14)11-22-23-18(24)12-26-19-16(20)9-15(25-2)10-17(19)21/h3-11H,12H2,1-2H3,(H,23,24)/b13-8+,22-11-. The van der Waals surface area contributed by atoms with Crippen LogP contribution in [0.1, 0.15) is 12.5 Å². The molecule has 0 unspecified atom stereocenters. The van der Waals surface area contributed by atoms with Crippen LogP contribution in [0.4, 0.5) is 0 Å². The fraction of sp³-hybridized carbons (Fsp3) is 0.158. The number of hydrogen-bond donors (Lipinski definition) is 1. The number of allylic oxidation sites excluding steroid dienone is 1. The first-order valence-corrected chi connectivity index (χ1v) is 9.29. The van der Waals surface area contributed by atoms with E-state index in [0.29, 0.717) is 20.4 Å². The van der Waals surface area contributed by atoms with Crippen molar-refractivity contribution >= 4 is 50.1 Å². The quantitative estimate of drug-likeness (QED) is 0.456. The van der Waals surface area contributed by atoms with E-state index in [0.717, 1.165) is 11.1 Å². The highest BCUT2D eigenvalue weighted by molar-refractivity contribution is 9.11. The maximum atomic E-state index is 11.9. The lowest BCUT2D eigenvalue weighted by Crippen LogP contribution is -2.24. The largest absolute Gasteiger partial charge is 0.497 e. The number of rotatable bonds is 7. The second-order valence-electron chi connectivity index (χ2n) is 5.30. The summed E-state index contributed by atoms with van der Waals surface area (Å²) in [5, 5.41) is 3.94. The molecule has 0 aliphatic carbocycles. The van der Waals surface area contributed by atoms with E-state index in [1.807, 2.05) is 43.3 Å². The lowest BCUT2D eigenvalue weighted by molar-refractivity contribution is -0.123. The molecular formula is C19H18Br2N2O3. The van der Waals surface area contributed by atoms with Gasteiger partial charge in [0.2, 0.25) is 0 Å². The van der Waals surface area contributed by atoms with Gasteiger partial charge in [-0.05, 0) is 62.1 Å². The number of hydrogen-bond acceptors (Lipinski definition) is 4. The lowest BCUT2D eigenvalue weighted by Gasteiger charge is -2.11. The Labute approximate surface area is 169 Å². The Bertz CT molecular complexity index is 798. The molecule has 0 spiro atoms. The number of halogens is 2. The van der Waals surface area contributed by atoms with Crippen molar-refractivity contribution in [2.75, 3.05) is 13.7 Å². The lowest BCUT2D eigenvalue weighted by atomic mass is 10.1. The summed E-state index contributed by atoms with van der Waals surface area (Å²) in [7, 11) is 1.58. The highest BCUT2D eigenvalue weighted by atomic mass is 79.9. The van der Waals surface area contributed by atoms with E-state index in [4.69, 9.17) is 9.47 Å². The number of nitrogens with one attached hydrogen (secondary N) is 1. The van der Waals surface area contributed by atoms with E-state index in [2.05, 4.69) is 42.4 Å². The van der Waals surface area contributed by atoms with Crippen molar-refractivity contribution in [2.45, 2.75) is 6.92 Å². The number of carbonyl (C=O) groups excluding carboxylic acids is 1. The molecule has 0 bridgehead atoms. The Balaban J connectivity index is 1.87. The van der Waals surface area contributed by atoms with Crippen LogP contribution >= 0.6 is 31.9 Å². The van der Waals surface area contributed by atoms with Crippen LogP contribution in [0.2, 0.25) is 0 Å². The third kappa shape index (κ3) is 6.31. The van der Waals surface area contributed by atoms with Gasteiger partial charge in [-0.1, -0.05) is 36.4 Å². The molecule has 0 aromatic heterocycles. The molecule has 7 heteroatoms. The molecule has 136 valence electrons. The molecule has 5 nitrogen and oxygen atoms in total. The molecule has 2 aromatic carbocycles. The molecule has 0 fully saturated rings. The van der Waals surface area contributed by atoms with Gasteiger partial charge in [-0.3, -0.25) is 4.79 Å². The molecule has 26 heavy (non-hydrogen) atoms. The van der Waals surface area contributed by atoms with E-state index in [9.17, 15) is 4.79 Å². The minimum atomic E-state index is -0.358. The van der Waals surface area contributed by atoms with Gasteiger partial charge < -0.3 is 9.47 Å². The van der Waals surface area contributed by atoms with Gasteiger partial charge in [-0.2, -0.15) is 5.10 Å². The van der Waals surface area contributed by atoms with Crippen LogP contribution in [0.15, 0.2) is 62.1 Å². The number of ether oxygens (including phenoxy) is 2. The minimum absolute atomic E-state index is 0.164. The summed E-state index contributed by atoms with van der Waals surface area (Å²) in [6.45, 7) is 1.74. The average molecular weight is 482 g/mol. The Kier molecular flexibility index (Phi) is 7.87. The zero-order valence-corrected chi connectivity index (χ0v) is 17.5. The zero-order chi connectivity index (χ0) is 18.9. The number of benzene rings is 2. The first kappa shape index (κ1) is 20.2. The van der Waals surface area contributed by atoms with Crippen molar-refractivity contribution in [3.05, 3.63) is 62.5 Å². The van der Waals surface area contributed by atoms with Crippen LogP contribution in [0.25, 0.3) is 6.08 Å². The predicted molar refractivity (Wildman–Crippen MR) is 111 cm³/mol. The van der Waals surface area contributed by atoms with Gasteiger partial charge in [0.15, 0.2) is 6.61 Å². The van der Waals surface area contributed by atoms with E-state index in [1.165, 1.54) is 0 Å². The molecule has 0 aliphatic heterocycles. The summed E-state index contributed by atoms with van der Waals surface area (Å²) in [5.74, 6) is 0.833. The summed E-state index contributed by atoms with van der Waals surface area (Å²) < 4.78 is 12.1. The monoisotopic (exact) mass is 480 g/mol. The molecule has 0 saturated heterocycles. The van der Waals surface area contributed by atoms with E-state index in [1.54, 1.807) is 25.5 Å². The van der Waals surface area contributed by atoms with Crippen LogP contribution in [-0.4, -0.2) is 25.8 Å². The normalized spacial score (nSPS) is 11.5. The van der Waals surface area contributed by atoms with Gasteiger partial charge in [-0.25, -0.2) is 5.43 Å². The number of amides is 1. The van der Waals surface area contributed by atoms with Crippen molar-refractivity contribution in [3.8, 4) is 11.5 Å². The molecule has 0 atom stereocenters. The molecular weight excluding hydrogens is 464 g/mol. The van der Waals surface area contributed by atoms with Crippen molar-refractivity contribution in [1.29, 1.82) is 0 Å². The van der Waals surface area contributed by atoms with Gasteiger partial charge >= 0.3 is 0 Å². The van der Waals surface area contributed by atoms with Gasteiger partial charge in [-0.15, -0.1) is 0 Å². The fourth-order valence-corrected chi connectivity index (χ4v) is 3.39. The van der Waals surface area contributed by atoms with Gasteiger partial charge in [0, 0.05) is 0 Å². The first-order valence-electron chi connectivity index (χ1n) is 7.70. The van der Waals surface area contributed by atoms with Crippen molar-refractivity contribution < 1.29 is 14.3 Å². The van der Waals surface area contributed by atoms with Crippen LogP contribution in [0.3, 0.4) is 0 Å². The summed E-state index contributed by atoms with van der Waals surface area (Å²) in [4.78, 5) is 11.9. The Hall–Kier alpha value is -2.12. The third-order valence-corrected chi connectivity index (χ3v) is 4.38. The highest BCUT2D eigenvalue weighted by Crippen LogP contribution is 2.37. The Morgan fingerprint density at radius 3 is 2.46 bits per heavy atom. The summed E-state index contributed by atoms with van der Waals surface area (Å²) in [6, 6.07) is 13.4. The summed E-state index contributed by atoms with van der Waals surface area (Å²) >= 11 is 6.78. The van der Waals surface area contributed by atoms with E-state index >= 15 is 0 Å². The molecule has 0 saturated carbocycles. The Morgan fingerprint density at radius 2 is 1.85 bits per heavy atom. The molecule has 2 rings (SSSR count). The van der Waals surface area contributed by atoms with Gasteiger partial charge in [0.05, 0.1) is 22.3 Å². The minimum Gasteiger partial charge on any atom is -0.497 e. The van der Waals surface area contributed by atoms with Gasteiger partial charge in [0.1, 0.15) is 11.5 Å². The van der Waals surface area contributed by atoms with E-state index < -0.39 is 0 Å². The van der Waals surface area contributed by atoms with Crippen molar-refractivity contribution in [2.24, 2.45) is 5.10 Å². The summed E-state index contributed by atoms with van der Waals surface area (Å²) in [5.41, 5.74) is 4.43. The highest BCUT2D eigenvalue weighted by Gasteiger charge is 2.11. The SMILES string of the molecule is COc1cc(Br)c(OCC(=O)N/N=C\C(C)=C\c2ccccc2)c(Br)c1. The van der Waals surface area contributed by atoms with Gasteiger partial charge in [0.25, 0.3) is 5.91 Å². The second kappa shape index (κ2) is 10.1. The van der Waals surface area contributed by atoms with Crippen LogP contribution in [0, 0.1) is 0 Å². The fourth-order valence-electron chi connectivity index (χ4n) is 2.02. The van der Waals surface area contributed by atoms with Crippen molar-refractivity contribution in [1.82, 2.24) is 5.43 Å². The molecule has 1 amide bonds. The molecule has 0 aliphatic rings. The average Bonchev–Trinajstić information content (AvgIpc) is 2.61. The zero-order valence-electron chi connectivity index (χ0n) is 14.3. The number of carbonyl (C=O) groups is 1. The topological polar surface area (TPSA) is 59.9 Å². The molecule has 0 heterocycles. The number of nitrogens with zero attached hydrogens (tertiary/aromatic N) is 1. The maximum Gasteiger partial charge on any atom is 0.277 e.